The van der Waals surface area contributed by atoms with Gasteiger partial charge in [-0.15, -0.1) is 0 Å². The van der Waals surface area contributed by atoms with Crippen LogP contribution in [0.2, 0.25) is 0 Å². The topological polar surface area (TPSA) is 40.7 Å². The summed E-state index contributed by atoms with van der Waals surface area (Å²) in [5.41, 5.74) is 3.79. The maximum absolute atomic E-state index is 4.00. The minimum Gasteiger partial charge on any atom is -0.385 e. The van der Waals surface area contributed by atoms with Crippen LogP contribution in [0.25, 0.3) is 0 Å². The van der Waals surface area contributed by atoms with Crippen LogP contribution in [0.1, 0.15) is 24.6 Å². The first kappa shape index (κ1) is 11.7. The maximum Gasteiger partial charge on any atom is 0.0921 e. The number of aryl methyl sites for hydroxylation is 2. The SMILES string of the molecule is CCc1ccc(NCCCc2cnc[nH]2)cc1. The van der Waals surface area contributed by atoms with E-state index in [1.54, 1.807) is 6.33 Å². The highest BCUT2D eigenvalue weighted by Crippen LogP contribution is 2.10. The molecule has 0 spiro atoms. The van der Waals surface area contributed by atoms with Gasteiger partial charge in [-0.05, 0) is 37.0 Å². The van der Waals surface area contributed by atoms with E-state index in [1.807, 2.05) is 6.20 Å². The van der Waals surface area contributed by atoms with Crippen LogP contribution in [-0.4, -0.2) is 16.5 Å². The van der Waals surface area contributed by atoms with Crippen molar-refractivity contribution >= 4 is 5.69 Å². The average molecular weight is 229 g/mol. The van der Waals surface area contributed by atoms with E-state index >= 15 is 0 Å². The Morgan fingerprint density at radius 1 is 1.24 bits per heavy atom. The summed E-state index contributed by atoms with van der Waals surface area (Å²) in [7, 11) is 0. The fourth-order valence-electron chi connectivity index (χ4n) is 1.79. The lowest BCUT2D eigenvalue weighted by molar-refractivity contribution is 0.842. The largest absolute Gasteiger partial charge is 0.385 e. The van der Waals surface area contributed by atoms with Crippen LogP contribution in [0.3, 0.4) is 0 Å². The van der Waals surface area contributed by atoms with E-state index in [0.29, 0.717) is 0 Å². The molecule has 2 rings (SSSR count). The maximum atomic E-state index is 4.00. The van der Waals surface area contributed by atoms with Crippen molar-refractivity contribution < 1.29 is 0 Å². The fraction of sp³-hybridized carbons (Fsp3) is 0.357. The molecule has 0 aliphatic rings. The highest BCUT2D eigenvalue weighted by atomic mass is 14.9. The minimum absolute atomic E-state index is 0.991. The molecule has 0 bridgehead atoms. The molecule has 2 aromatic rings. The van der Waals surface area contributed by atoms with E-state index in [9.17, 15) is 0 Å². The molecule has 0 unspecified atom stereocenters. The molecule has 17 heavy (non-hydrogen) atoms. The van der Waals surface area contributed by atoms with Gasteiger partial charge in [0.05, 0.1) is 6.33 Å². The standard InChI is InChI=1S/C14H19N3/c1-2-12-5-7-13(8-6-12)16-9-3-4-14-10-15-11-17-14/h5-8,10-11,16H,2-4,9H2,1H3,(H,15,17). The third-order valence-electron chi connectivity index (χ3n) is 2.87. The normalized spacial score (nSPS) is 10.4. The molecule has 1 aromatic carbocycles. The number of rotatable bonds is 6. The lowest BCUT2D eigenvalue weighted by Gasteiger charge is -2.06. The molecule has 1 heterocycles. The first-order valence-electron chi connectivity index (χ1n) is 6.18. The third kappa shape index (κ3) is 3.63. The van der Waals surface area contributed by atoms with Gasteiger partial charge in [-0.3, -0.25) is 0 Å². The summed E-state index contributed by atoms with van der Waals surface area (Å²) in [6.45, 7) is 3.16. The van der Waals surface area contributed by atoms with Crippen molar-refractivity contribution in [3.05, 3.63) is 48.0 Å². The number of benzene rings is 1. The van der Waals surface area contributed by atoms with Gasteiger partial charge in [0, 0.05) is 24.1 Å². The van der Waals surface area contributed by atoms with Crippen molar-refractivity contribution in [1.82, 2.24) is 9.97 Å². The summed E-state index contributed by atoms with van der Waals surface area (Å²) in [5.74, 6) is 0. The number of aromatic amines is 1. The molecule has 0 aliphatic carbocycles. The fourth-order valence-corrected chi connectivity index (χ4v) is 1.79. The minimum atomic E-state index is 0.991. The number of aromatic nitrogens is 2. The van der Waals surface area contributed by atoms with Crippen LogP contribution in [-0.2, 0) is 12.8 Å². The smallest absolute Gasteiger partial charge is 0.0921 e. The van der Waals surface area contributed by atoms with E-state index in [1.165, 1.54) is 16.9 Å². The van der Waals surface area contributed by atoms with E-state index in [2.05, 4.69) is 46.5 Å². The van der Waals surface area contributed by atoms with Crippen molar-refractivity contribution in [2.75, 3.05) is 11.9 Å². The van der Waals surface area contributed by atoms with E-state index in [0.717, 1.165) is 25.8 Å². The van der Waals surface area contributed by atoms with Gasteiger partial charge in [0.1, 0.15) is 0 Å². The van der Waals surface area contributed by atoms with Gasteiger partial charge >= 0.3 is 0 Å². The lowest BCUT2D eigenvalue weighted by Crippen LogP contribution is -2.03. The van der Waals surface area contributed by atoms with Gasteiger partial charge < -0.3 is 10.3 Å². The quantitative estimate of drug-likeness (QED) is 0.747. The summed E-state index contributed by atoms with van der Waals surface area (Å²) in [4.78, 5) is 7.11. The van der Waals surface area contributed by atoms with Crippen molar-refractivity contribution in [3.63, 3.8) is 0 Å². The summed E-state index contributed by atoms with van der Waals surface area (Å²) in [6.07, 6.45) is 6.86. The average Bonchev–Trinajstić information content (AvgIpc) is 2.88. The molecule has 2 N–H and O–H groups in total. The molecular formula is C14H19N3. The van der Waals surface area contributed by atoms with Gasteiger partial charge in [0.2, 0.25) is 0 Å². The highest BCUT2D eigenvalue weighted by molar-refractivity contribution is 5.44. The van der Waals surface area contributed by atoms with E-state index in [4.69, 9.17) is 0 Å². The molecule has 0 amide bonds. The molecule has 3 nitrogen and oxygen atoms in total. The van der Waals surface area contributed by atoms with Crippen molar-refractivity contribution in [3.8, 4) is 0 Å². The van der Waals surface area contributed by atoms with Crippen LogP contribution in [0.5, 0.6) is 0 Å². The van der Waals surface area contributed by atoms with E-state index in [-0.39, 0.29) is 0 Å². The number of nitrogens with zero attached hydrogens (tertiary/aromatic N) is 1. The zero-order valence-electron chi connectivity index (χ0n) is 10.2. The van der Waals surface area contributed by atoms with Gasteiger partial charge in [-0.2, -0.15) is 0 Å². The van der Waals surface area contributed by atoms with Crippen molar-refractivity contribution in [1.29, 1.82) is 0 Å². The number of H-pyrrole nitrogens is 1. The summed E-state index contributed by atoms with van der Waals surface area (Å²) >= 11 is 0. The molecule has 3 heteroatoms. The molecule has 0 aliphatic heterocycles. The van der Waals surface area contributed by atoms with Crippen molar-refractivity contribution in [2.24, 2.45) is 0 Å². The predicted octanol–water partition coefficient (Wildman–Crippen LogP) is 3.02. The third-order valence-corrected chi connectivity index (χ3v) is 2.87. The number of hydrogen-bond donors (Lipinski definition) is 2. The Kier molecular flexibility index (Phi) is 4.19. The molecule has 0 fully saturated rings. The summed E-state index contributed by atoms with van der Waals surface area (Å²) in [6, 6.07) is 8.65. The monoisotopic (exact) mass is 229 g/mol. The summed E-state index contributed by atoms with van der Waals surface area (Å²) in [5, 5.41) is 3.42. The number of imidazole rings is 1. The van der Waals surface area contributed by atoms with Crippen LogP contribution >= 0.6 is 0 Å². The van der Waals surface area contributed by atoms with Gasteiger partial charge in [0.25, 0.3) is 0 Å². The van der Waals surface area contributed by atoms with Gasteiger partial charge in [0.15, 0.2) is 0 Å². The Bertz CT molecular complexity index is 417. The van der Waals surface area contributed by atoms with Crippen LogP contribution in [0.4, 0.5) is 5.69 Å². The Hall–Kier alpha value is -1.77. The van der Waals surface area contributed by atoms with Gasteiger partial charge in [-0.25, -0.2) is 4.98 Å². The Morgan fingerprint density at radius 2 is 2.06 bits per heavy atom. The lowest BCUT2D eigenvalue weighted by atomic mass is 10.1. The first-order chi connectivity index (χ1) is 8.38. The number of hydrogen-bond acceptors (Lipinski definition) is 2. The molecular weight excluding hydrogens is 210 g/mol. The number of nitrogens with one attached hydrogen (secondary N) is 2. The Morgan fingerprint density at radius 3 is 2.71 bits per heavy atom. The zero-order valence-corrected chi connectivity index (χ0v) is 10.2. The first-order valence-corrected chi connectivity index (χ1v) is 6.18. The highest BCUT2D eigenvalue weighted by Gasteiger charge is 1.95. The second kappa shape index (κ2) is 6.09. The number of anilines is 1. The van der Waals surface area contributed by atoms with E-state index < -0.39 is 0 Å². The molecule has 0 atom stereocenters. The Balaban J connectivity index is 1.70. The van der Waals surface area contributed by atoms with Crippen LogP contribution in [0, 0.1) is 0 Å². The molecule has 0 saturated carbocycles. The van der Waals surface area contributed by atoms with Crippen LogP contribution < -0.4 is 5.32 Å². The van der Waals surface area contributed by atoms with Gasteiger partial charge in [-0.1, -0.05) is 19.1 Å². The predicted molar refractivity (Wildman–Crippen MR) is 71.2 cm³/mol. The molecule has 0 saturated heterocycles. The van der Waals surface area contributed by atoms with Crippen LogP contribution in [0.15, 0.2) is 36.8 Å². The van der Waals surface area contributed by atoms with Crippen molar-refractivity contribution in [2.45, 2.75) is 26.2 Å². The second-order valence-electron chi connectivity index (χ2n) is 4.16. The molecule has 0 radical (unpaired) electrons. The second-order valence-corrected chi connectivity index (χ2v) is 4.16. The Labute approximate surface area is 102 Å². The summed E-state index contributed by atoms with van der Waals surface area (Å²) < 4.78 is 0. The molecule has 1 aromatic heterocycles. The zero-order chi connectivity index (χ0) is 11.9. The molecule has 90 valence electrons.